The Morgan fingerprint density at radius 3 is 2.42 bits per heavy atom. The maximum absolute atomic E-state index is 13.2. The summed E-state index contributed by atoms with van der Waals surface area (Å²) in [5.74, 6) is 0.520. The Kier molecular flexibility index (Phi) is 7.59. The van der Waals surface area contributed by atoms with Crippen LogP contribution in [0.3, 0.4) is 0 Å². The SMILES string of the molecule is COc1cc(OC)cc(C2=NN(C(=O)CCCC(=O)O)[C@H](c3cc4cccc(OC)c4nc3Cl)C2)c1. The van der Waals surface area contributed by atoms with Crippen molar-refractivity contribution in [1.29, 1.82) is 0 Å². The summed E-state index contributed by atoms with van der Waals surface area (Å²) in [5, 5.41) is 16.1. The first-order valence-electron chi connectivity index (χ1n) is 11.3. The lowest BCUT2D eigenvalue weighted by Crippen LogP contribution is -2.27. The number of para-hydroxylation sites is 1. The van der Waals surface area contributed by atoms with Crippen LogP contribution in [0.1, 0.15) is 42.9 Å². The molecule has 0 saturated carbocycles. The predicted molar refractivity (Wildman–Crippen MR) is 135 cm³/mol. The number of hydrazone groups is 1. The Morgan fingerprint density at radius 1 is 1.06 bits per heavy atom. The number of rotatable bonds is 9. The number of aliphatic carboxylic acids is 1. The number of carboxylic acids is 1. The highest BCUT2D eigenvalue weighted by atomic mass is 35.5. The fourth-order valence-corrected chi connectivity index (χ4v) is 4.47. The molecule has 0 saturated heterocycles. The second-order valence-electron chi connectivity index (χ2n) is 8.25. The molecule has 0 spiro atoms. The van der Waals surface area contributed by atoms with Gasteiger partial charge in [0.2, 0.25) is 5.91 Å². The summed E-state index contributed by atoms with van der Waals surface area (Å²) in [6.07, 6.45) is 0.507. The quantitative estimate of drug-likeness (QED) is 0.409. The van der Waals surface area contributed by atoms with E-state index < -0.39 is 12.0 Å². The topological polar surface area (TPSA) is 111 Å². The standard InChI is InChI=1S/C26H26ClN3O6/c1-34-17-10-16(11-18(13-17)35-2)20-14-21(30(29-20)23(31)8-5-9-24(32)33)19-12-15-6-4-7-22(36-3)25(15)28-26(19)27/h4,6-7,10-13,21H,5,8-9,14H2,1-3H3,(H,32,33)/t21-/m0/s1. The van der Waals surface area contributed by atoms with E-state index >= 15 is 0 Å². The number of carbonyl (C=O) groups excluding carboxylic acids is 1. The van der Waals surface area contributed by atoms with Crippen LogP contribution >= 0.6 is 11.6 Å². The first-order valence-corrected chi connectivity index (χ1v) is 11.7. The van der Waals surface area contributed by atoms with Gasteiger partial charge in [0.25, 0.3) is 0 Å². The third kappa shape index (κ3) is 5.21. The van der Waals surface area contributed by atoms with Crippen LogP contribution in [-0.4, -0.2) is 54.0 Å². The minimum absolute atomic E-state index is 0.0352. The Balaban J connectivity index is 1.75. The number of hydrogen-bond acceptors (Lipinski definition) is 7. The maximum atomic E-state index is 13.2. The number of halogens is 1. The van der Waals surface area contributed by atoms with Gasteiger partial charge in [0.15, 0.2) is 0 Å². The highest BCUT2D eigenvalue weighted by Crippen LogP contribution is 2.39. The van der Waals surface area contributed by atoms with Gasteiger partial charge in [-0.05, 0) is 30.7 Å². The van der Waals surface area contributed by atoms with E-state index in [1.165, 1.54) is 5.01 Å². The van der Waals surface area contributed by atoms with Crippen molar-refractivity contribution in [3.8, 4) is 17.2 Å². The Hall–Kier alpha value is -3.85. The minimum Gasteiger partial charge on any atom is -0.497 e. The zero-order chi connectivity index (χ0) is 25.8. The molecule has 2 heterocycles. The van der Waals surface area contributed by atoms with Crippen molar-refractivity contribution in [2.45, 2.75) is 31.7 Å². The second-order valence-corrected chi connectivity index (χ2v) is 8.61. The van der Waals surface area contributed by atoms with E-state index in [1.807, 2.05) is 30.3 Å². The van der Waals surface area contributed by atoms with Crippen LogP contribution in [0.25, 0.3) is 10.9 Å². The van der Waals surface area contributed by atoms with Crippen LogP contribution in [0.2, 0.25) is 5.15 Å². The highest BCUT2D eigenvalue weighted by Gasteiger charge is 2.35. The number of benzene rings is 2. The van der Waals surface area contributed by atoms with Gasteiger partial charge in [0.1, 0.15) is 27.9 Å². The van der Waals surface area contributed by atoms with Crippen molar-refractivity contribution in [2.75, 3.05) is 21.3 Å². The number of hydrogen-bond donors (Lipinski definition) is 1. The molecule has 0 aliphatic carbocycles. The second kappa shape index (κ2) is 10.8. The molecule has 0 fully saturated rings. The molecule has 1 aromatic heterocycles. The Morgan fingerprint density at radius 2 is 1.78 bits per heavy atom. The normalized spacial score (nSPS) is 15.1. The van der Waals surface area contributed by atoms with Gasteiger partial charge in [0.05, 0.1) is 33.1 Å². The molecule has 1 aliphatic heterocycles. The molecule has 1 amide bonds. The Labute approximate surface area is 213 Å². The van der Waals surface area contributed by atoms with E-state index in [0.717, 1.165) is 10.9 Å². The molecule has 0 bridgehead atoms. The van der Waals surface area contributed by atoms with Gasteiger partial charge < -0.3 is 19.3 Å². The lowest BCUT2D eigenvalue weighted by Gasteiger charge is -2.23. The molecular formula is C26H26ClN3O6. The zero-order valence-corrected chi connectivity index (χ0v) is 20.9. The van der Waals surface area contributed by atoms with Gasteiger partial charge in [-0.25, -0.2) is 9.99 Å². The van der Waals surface area contributed by atoms with Crippen molar-refractivity contribution >= 4 is 40.1 Å². The first-order chi connectivity index (χ1) is 17.3. The average molecular weight is 512 g/mol. The highest BCUT2D eigenvalue weighted by molar-refractivity contribution is 6.30. The number of methoxy groups -OCH3 is 3. The number of carbonyl (C=O) groups is 2. The van der Waals surface area contributed by atoms with Gasteiger partial charge in [-0.1, -0.05) is 23.7 Å². The molecule has 1 N–H and O–H groups in total. The lowest BCUT2D eigenvalue weighted by molar-refractivity contribution is -0.137. The van der Waals surface area contributed by atoms with E-state index in [9.17, 15) is 9.59 Å². The number of carboxylic acid groups (broad SMARTS) is 1. The largest absolute Gasteiger partial charge is 0.497 e. The van der Waals surface area contributed by atoms with Crippen LogP contribution in [0, 0.1) is 0 Å². The average Bonchev–Trinajstić information content (AvgIpc) is 3.32. The van der Waals surface area contributed by atoms with Gasteiger partial charge in [-0.2, -0.15) is 5.10 Å². The summed E-state index contributed by atoms with van der Waals surface area (Å²) in [6, 6.07) is 12.3. The van der Waals surface area contributed by atoms with Crippen LogP contribution < -0.4 is 14.2 Å². The number of ether oxygens (including phenoxy) is 3. The van der Waals surface area contributed by atoms with E-state index in [0.29, 0.717) is 40.5 Å². The van der Waals surface area contributed by atoms with E-state index in [-0.39, 0.29) is 30.3 Å². The summed E-state index contributed by atoms with van der Waals surface area (Å²) >= 11 is 6.64. The molecule has 4 rings (SSSR count). The molecular weight excluding hydrogens is 486 g/mol. The van der Waals surface area contributed by atoms with E-state index in [1.54, 1.807) is 33.5 Å². The molecule has 0 unspecified atom stereocenters. The summed E-state index contributed by atoms with van der Waals surface area (Å²) in [6.45, 7) is 0. The van der Waals surface area contributed by atoms with Crippen LogP contribution in [0.4, 0.5) is 0 Å². The van der Waals surface area contributed by atoms with Crippen molar-refractivity contribution < 1.29 is 28.9 Å². The number of nitrogens with zero attached hydrogens (tertiary/aromatic N) is 3. The number of fused-ring (bicyclic) bond motifs is 1. The monoisotopic (exact) mass is 511 g/mol. The number of pyridine rings is 1. The molecule has 36 heavy (non-hydrogen) atoms. The van der Waals surface area contributed by atoms with Crippen LogP contribution in [0.15, 0.2) is 47.6 Å². The lowest BCUT2D eigenvalue weighted by atomic mass is 9.97. The first kappa shape index (κ1) is 25.2. The molecule has 10 heteroatoms. The molecule has 2 aromatic carbocycles. The molecule has 1 aliphatic rings. The van der Waals surface area contributed by atoms with Gasteiger partial charge in [-0.15, -0.1) is 0 Å². The predicted octanol–water partition coefficient (Wildman–Crippen LogP) is 4.85. The van der Waals surface area contributed by atoms with Gasteiger partial charge in [-0.3, -0.25) is 9.59 Å². The summed E-state index contributed by atoms with van der Waals surface area (Å²) < 4.78 is 16.2. The summed E-state index contributed by atoms with van der Waals surface area (Å²) in [7, 11) is 4.69. The molecule has 1 atom stereocenters. The fourth-order valence-electron chi connectivity index (χ4n) is 4.20. The van der Waals surface area contributed by atoms with E-state index in [2.05, 4.69) is 10.1 Å². The van der Waals surface area contributed by atoms with Gasteiger partial charge >= 0.3 is 5.97 Å². The van der Waals surface area contributed by atoms with Crippen molar-refractivity contribution in [3.05, 3.63) is 58.7 Å². The van der Waals surface area contributed by atoms with E-state index in [4.69, 9.17) is 30.9 Å². The third-order valence-corrected chi connectivity index (χ3v) is 6.30. The summed E-state index contributed by atoms with van der Waals surface area (Å²) in [5.41, 5.74) is 2.64. The summed E-state index contributed by atoms with van der Waals surface area (Å²) in [4.78, 5) is 28.7. The molecule has 9 nitrogen and oxygen atoms in total. The molecule has 3 aromatic rings. The smallest absolute Gasteiger partial charge is 0.303 e. The van der Waals surface area contributed by atoms with Crippen LogP contribution in [0.5, 0.6) is 17.2 Å². The van der Waals surface area contributed by atoms with Crippen molar-refractivity contribution in [3.63, 3.8) is 0 Å². The number of amides is 1. The maximum Gasteiger partial charge on any atom is 0.303 e. The zero-order valence-electron chi connectivity index (χ0n) is 20.2. The number of aromatic nitrogens is 1. The third-order valence-electron chi connectivity index (χ3n) is 6.00. The van der Waals surface area contributed by atoms with Crippen molar-refractivity contribution in [1.82, 2.24) is 9.99 Å². The molecule has 188 valence electrons. The minimum atomic E-state index is -0.954. The van der Waals surface area contributed by atoms with Crippen LogP contribution in [-0.2, 0) is 9.59 Å². The fraction of sp³-hybridized carbons (Fsp3) is 0.308. The van der Waals surface area contributed by atoms with Crippen molar-refractivity contribution in [2.24, 2.45) is 5.10 Å². The molecule has 0 radical (unpaired) electrons. The Bertz CT molecular complexity index is 1320. The van der Waals surface area contributed by atoms with Gasteiger partial charge in [0, 0.05) is 41.8 Å².